The third kappa shape index (κ3) is 1.53. The molecule has 0 spiro atoms. The fourth-order valence-corrected chi connectivity index (χ4v) is 1.78. The number of nitrogens with one attached hydrogen (secondary N) is 1. The maximum absolute atomic E-state index is 5.68. The predicted molar refractivity (Wildman–Crippen MR) is 65.9 cm³/mol. The molecule has 3 aromatic rings. The molecule has 0 aliphatic heterocycles. The zero-order chi connectivity index (χ0) is 12.5. The molecule has 7 heteroatoms. The molecule has 0 atom stereocenters. The number of methoxy groups -OCH3 is 1. The Balaban J connectivity index is 2.34. The van der Waals surface area contributed by atoms with Crippen LogP contribution in [0.3, 0.4) is 0 Å². The van der Waals surface area contributed by atoms with Crippen molar-refractivity contribution in [2.75, 3.05) is 12.8 Å². The van der Waals surface area contributed by atoms with Crippen LogP contribution < -0.4 is 10.5 Å². The molecule has 0 unspecified atom stereocenters. The summed E-state index contributed by atoms with van der Waals surface area (Å²) in [6.07, 6.45) is 3.20. The third-order valence-corrected chi connectivity index (χ3v) is 2.52. The lowest BCUT2D eigenvalue weighted by atomic mass is 10.2. The number of rotatable bonds is 2. The number of H-pyrrole nitrogens is 1. The van der Waals surface area contributed by atoms with Crippen molar-refractivity contribution in [3.05, 3.63) is 24.7 Å². The number of pyridine rings is 1. The molecule has 0 aromatic carbocycles. The zero-order valence-electron chi connectivity index (χ0n) is 9.58. The van der Waals surface area contributed by atoms with Gasteiger partial charge in [0.15, 0.2) is 5.65 Å². The van der Waals surface area contributed by atoms with Gasteiger partial charge in [-0.25, -0.2) is 15.0 Å². The van der Waals surface area contributed by atoms with Crippen LogP contribution in [-0.4, -0.2) is 32.0 Å². The van der Waals surface area contributed by atoms with Gasteiger partial charge in [-0.1, -0.05) is 0 Å². The molecular formula is C11H10N6O. The number of aromatic nitrogens is 5. The van der Waals surface area contributed by atoms with Gasteiger partial charge in [-0.05, 0) is 12.1 Å². The summed E-state index contributed by atoms with van der Waals surface area (Å²) in [4.78, 5) is 19.5. The SMILES string of the molecule is COc1ncccc1-c1nc(N)nc2nc[nH]c12. The van der Waals surface area contributed by atoms with E-state index in [1.807, 2.05) is 6.07 Å². The smallest absolute Gasteiger partial charge is 0.222 e. The molecule has 0 bridgehead atoms. The van der Waals surface area contributed by atoms with Crippen molar-refractivity contribution >= 4 is 17.1 Å². The van der Waals surface area contributed by atoms with Crippen LogP contribution >= 0.6 is 0 Å². The number of nitrogens with zero attached hydrogens (tertiary/aromatic N) is 4. The lowest BCUT2D eigenvalue weighted by Crippen LogP contribution is -1.99. The first-order valence-electron chi connectivity index (χ1n) is 5.25. The van der Waals surface area contributed by atoms with Gasteiger partial charge in [0.25, 0.3) is 0 Å². The highest BCUT2D eigenvalue weighted by Gasteiger charge is 2.14. The van der Waals surface area contributed by atoms with Gasteiger partial charge in [0.05, 0.1) is 19.0 Å². The third-order valence-electron chi connectivity index (χ3n) is 2.52. The molecular weight excluding hydrogens is 232 g/mol. The van der Waals surface area contributed by atoms with Gasteiger partial charge < -0.3 is 15.5 Å². The van der Waals surface area contributed by atoms with Gasteiger partial charge in [0.1, 0.15) is 11.2 Å². The second-order valence-electron chi connectivity index (χ2n) is 3.59. The van der Waals surface area contributed by atoms with Crippen LogP contribution in [0.5, 0.6) is 5.88 Å². The first-order chi connectivity index (χ1) is 8.79. The van der Waals surface area contributed by atoms with Crippen LogP contribution in [0, 0.1) is 0 Å². The lowest BCUT2D eigenvalue weighted by molar-refractivity contribution is 0.399. The Labute approximate surface area is 102 Å². The monoisotopic (exact) mass is 242 g/mol. The second kappa shape index (κ2) is 3.95. The van der Waals surface area contributed by atoms with Gasteiger partial charge in [-0.3, -0.25) is 0 Å². The van der Waals surface area contributed by atoms with E-state index in [1.165, 1.54) is 0 Å². The van der Waals surface area contributed by atoms with E-state index in [0.717, 1.165) is 5.56 Å². The average molecular weight is 242 g/mol. The quantitative estimate of drug-likeness (QED) is 0.695. The summed E-state index contributed by atoms with van der Waals surface area (Å²) in [7, 11) is 1.56. The molecule has 3 N–H and O–H groups in total. The van der Waals surface area contributed by atoms with Gasteiger partial charge in [0.2, 0.25) is 11.8 Å². The first-order valence-corrected chi connectivity index (χ1v) is 5.25. The lowest BCUT2D eigenvalue weighted by Gasteiger charge is -2.07. The van der Waals surface area contributed by atoms with Crippen molar-refractivity contribution in [1.82, 2.24) is 24.9 Å². The molecule has 0 aliphatic rings. The summed E-state index contributed by atoms with van der Waals surface area (Å²) in [5, 5.41) is 0. The zero-order valence-corrected chi connectivity index (χ0v) is 9.58. The summed E-state index contributed by atoms with van der Waals surface area (Å²) in [5.74, 6) is 0.641. The highest BCUT2D eigenvalue weighted by molar-refractivity contribution is 5.89. The number of nitrogens with two attached hydrogens (primary N) is 1. The number of fused-ring (bicyclic) bond motifs is 1. The van der Waals surface area contributed by atoms with Crippen LogP contribution in [0.2, 0.25) is 0 Å². The highest BCUT2D eigenvalue weighted by Crippen LogP contribution is 2.30. The molecule has 0 saturated carbocycles. The Hall–Kier alpha value is -2.70. The molecule has 0 amide bonds. The normalized spacial score (nSPS) is 10.7. The van der Waals surface area contributed by atoms with E-state index in [0.29, 0.717) is 22.7 Å². The van der Waals surface area contributed by atoms with Crippen LogP contribution in [0.1, 0.15) is 0 Å². The Kier molecular flexibility index (Phi) is 2.30. The van der Waals surface area contributed by atoms with Gasteiger partial charge in [-0.15, -0.1) is 0 Å². The minimum atomic E-state index is 0.163. The van der Waals surface area contributed by atoms with Gasteiger partial charge in [-0.2, -0.15) is 4.98 Å². The topological polar surface area (TPSA) is 103 Å². The fourth-order valence-electron chi connectivity index (χ4n) is 1.78. The number of hydrogen-bond acceptors (Lipinski definition) is 6. The summed E-state index contributed by atoms with van der Waals surface area (Å²) in [6.45, 7) is 0. The number of nitrogen functional groups attached to an aromatic ring is 1. The predicted octanol–water partition coefficient (Wildman–Crippen LogP) is 1.01. The van der Waals surface area contributed by atoms with E-state index in [4.69, 9.17) is 10.5 Å². The summed E-state index contributed by atoms with van der Waals surface area (Å²) in [5.41, 5.74) is 8.26. The Morgan fingerprint density at radius 3 is 3.00 bits per heavy atom. The molecule has 3 aromatic heterocycles. The maximum atomic E-state index is 5.68. The molecule has 90 valence electrons. The van der Waals surface area contributed by atoms with Crippen molar-refractivity contribution in [3.63, 3.8) is 0 Å². The van der Waals surface area contributed by atoms with Crippen LogP contribution in [-0.2, 0) is 0 Å². The van der Waals surface area contributed by atoms with Crippen LogP contribution in [0.25, 0.3) is 22.4 Å². The van der Waals surface area contributed by atoms with E-state index >= 15 is 0 Å². The minimum absolute atomic E-state index is 0.163. The fraction of sp³-hybridized carbons (Fsp3) is 0.0909. The van der Waals surface area contributed by atoms with Crippen molar-refractivity contribution < 1.29 is 4.74 Å². The molecule has 0 aliphatic carbocycles. The second-order valence-corrected chi connectivity index (χ2v) is 3.59. The highest BCUT2D eigenvalue weighted by atomic mass is 16.5. The summed E-state index contributed by atoms with van der Waals surface area (Å²) >= 11 is 0. The number of hydrogen-bond donors (Lipinski definition) is 2. The van der Waals surface area contributed by atoms with E-state index in [1.54, 1.807) is 25.7 Å². The largest absolute Gasteiger partial charge is 0.481 e. The summed E-state index contributed by atoms with van der Waals surface area (Å²) in [6, 6.07) is 3.66. The Morgan fingerprint density at radius 1 is 1.28 bits per heavy atom. The van der Waals surface area contributed by atoms with Crippen LogP contribution in [0.15, 0.2) is 24.7 Å². The van der Waals surface area contributed by atoms with Crippen LogP contribution in [0.4, 0.5) is 5.95 Å². The standard InChI is InChI=1S/C11H10N6O/c1-18-10-6(3-2-4-13-10)7-8-9(15-5-14-8)17-11(12)16-7/h2-5H,1H3,(H3,12,14,15,16,17). The number of imidazole rings is 1. The van der Waals surface area contributed by atoms with Crippen molar-refractivity contribution in [1.29, 1.82) is 0 Å². The Morgan fingerprint density at radius 2 is 2.17 bits per heavy atom. The number of ether oxygens (including phenoxy) is 1. The molecule has 0 saturated heterocycles. The average Bonchev–Trinajstić information content (AvgIpc) is 2.85. The molecule has 0 radical (unpaired) electrons. The molecule has 0 fully saturated rings. The van der Waals surface area contributed by atoms with Gasteiger partial charge >= 0.3 is 0 Å². The molecule has 18 heavy (non-hydrogen) atoms. The van der Waals surface area contributed by atoms with Crippen molar-refractivity contribution in [3.8, 4) is 17.1 Å². The van der Waals surface area contributed by atoms with E-state index in [-0.39, 0.29) is 5.95 Å². The molecule has 7 nitrogen and oxygen atoms in total. The van der Waals surface area contributed by atoms with Gasteiger partial charge in [0, 0.05) is 6.20 Å². The number of anilines is 1. The Bertz CT molecular complexity index is 708. The van der Waals surface area contributed by atoms with E-state index in [2.05, 4.69) is 24.9 Å². The summed E-state index contributed by atoms with van der Waals surface area (Å²) < 4.78 is 5.22. The minimum Gasteiger partial charge on any atom is -0.481 e. The first kappa shape index (κ1) is 10.5. The maximum Gasteiger partial charge on any atom is 0.222 e. The number of aromatic amines is 1. The molecule has 3 heterocycles. The van der Waals surface area contributed by atoms with Crippen molar-refractivity contribution in [2.45, 2.75) is 0 Å². The van der Waals surface area contributed by atoms with E-state index < -0.39 is 0 Å². The van der Waals surface area contributed by atoms with E-state index in [9.17, 15) is 0 Å². The molecule has 3 rings (SSSR count). The van der Waals surface area contributed by atoms with Crippen molar-refractivity contribution in [2.24, 2.45) is 0 Å².